The summed E-state index contributed by atoms with van der Waals surface area (Å²) in [5, 5.41) is 0. The standard InChI is InChI=1S/C7H10/c1-3-7(4-2)5-6-7/h1H,4-6H2,2H3. The Balaban J connectivity index is 2.47. The molecular weight excluding hydrogens is 84.1 g/mol. The molecule has 0 aromatic heterocycles. The Morgan fingerprint density at radius 2 is 2.29 bits per heavy atom. The van der Waals surface area contributed by atoms with E-state index in [1.165, 1.54) is 19.3 Å². The molecule has 1 aliphatic carbocycles. The lowest BCUT2D eigenvalue weighted by atomic mass is 10.1. The van der Waals surface area contributed by atoms with Gasteiger partial charge in [0.15, 0.2) is 0 Å². The van der Waals surface area contributed by atoms with Crippen molar-refractivity contribution >= 4 is 0 Å². The van der Waals surface area contributed by atoms with Crippen LogP contribution >= 0.6 is 0 Å². The lowest BCUT2D eigenvalue weighted by molar-refractivity contribution is 0.652. The van der Waals surface area contributed by atoms with Crippen LogP contribution in [0.3, 0.4) is 0 Å². The van der Waals surface area contributed by atoms with Crippen molar-refractivity contribution in [3.8, 4) is 12.3 Å². The summed E-state index contributed by atoms with van der Waals surface area (Å²) < 4.78 is 0. The summed E-state index contributed by atoms with van der Waals surface area (Å²) in [5.41, 5.74) is 0.361. The van der Waals surface area contributed by atoms with Crippen molar-refractivity contribution in [2.24, 2.45) is 5.41 Å². The van der Waals surface area contributed by atoms with E-state index in [9.17, 15) is 0 Å². The van der Waals surface area contributed by atoms with Crippen molar-refractivity contribution in [3.05, 3.63) is 0 Å². The van der Waals surface area contributed by atoms with Crippen molar-refractivity contribution < 1.29 is 0 Å². The topological polar surface area (TPSA) is 0 Å². The predicted molar refractivity (Wildman–Crippen MR) is 30.8 cm³/mol. The normalized spacial score (nSPS) is 23.4. The summed E-state index contributed by atoms with van der Waals surface area (Å²) in [7, 11) is 0. The molecule has 0 aromatic rings. The summed E-state index contributed by atoms with van der Waals surface area (Å²) in [4.78, 5) is 0. The largest absolute Gasteiger partial charge is 0.120 e. The summed E-state index contributed by atoms with van der Waals surface area (Å²) >= 11 is 0. The number of hydrogen-bond donors (Lipinski definition) is 0. The molecule has 0 radical (unpaired) electrons. The molecule has 0 heterocycles. The highest BCUT2D eigenvalue weighted by molar-refractivity contribution is 5.13. The van der Waals surface area contributed by atoms with Gasteiger partial charge in [0.25, 0.3) is 0 Å². The first-order chi connectivity index (χ1) is 3.33. The number of hydrogen-bond acceptors (Lipinski definition) is 0. The van der Waals surface area contributed by atoms with E-state index in [-0.39, 0.29) is 0 Å². The van der Waals surface area contributed by atoms with Crippen LogP contribution in [0.15, 0.2) is 0 Å². The second-order valence-electron chi connectivity index (χ2n) is 2.28. The highest BCUT2D eigenvalue weighted by atomic mass is 14.4. The molecule has 1 saturated carbocycles. The summed E-state index contributed by atoms with van der Waals surface area (Å²) in [6.07, 6.45) is 8.93. The van der Waals surface area contributed by atoms with Gasteiger partial charge in [-0.15, -0.1) is 6.42 Å². The molecule has 1 aliphatic rings. The first kappa shape index (κ1) is 4.71. The minimum Gasteiger partial charge on any atom is -0.120 e. The molecular formula is C7H10. The van der Waals surface area contributed by atoms with Crippen LogP contribution in [0, 0.1) is 17.8 Å². The summed E-state index contributed by atoms with van der Waals surface area (Å²) in [5.74, 6) is 2.80. The maximum absolute atomic E-state index is 5.23. The minimum absolute atomic E-state index is 0.361. The molecule has 0 N–H and O–H groups in total. The van der Waals surface area contributed by atoms with Gasteiger partial charge >= 0.3 is 0 Å². The quantitative estimate of drug-likeness (QED) is 0.435. The molecule has 0 atom stereocenters. The first-order valence-electron chi connectivity index (χ1n) is 2.81. The maximum atomic E-state index is 5.23. The fourth-order valence-corrected chi connectivity index (χ4v) is 0.751. The molecule has 0 saturated heterocycles. The van der Waals surface area contributed by atoms with Gasteiger partial charge in [0.2, 0.25) is 0 Å². The van der Waals surface area contributed by atoms with Crippen LogP contribution in [-0.2, 0) is 0 Å². The molecule has 0 aliphatic heterocycles. The van der Waals surface area contributed by atoms with E-state index in [2.05, 4.69) is 12.8 Å². The number of terminal acetylenes is 1. The van der Waals surface area contributed by atoms with Crippen LogP contribution in [0.4, 0.5) is 0 Å². The van der Waals surface area contributed by atoms with Crippen LogP contribution in [0.25, 0.3) is 0 Å². The molecule has 38 valence electrons. The summed E-state index contributed by atoms with van der Waals surface area (Å²) in [6, 6.07) is 0. The van der Waals surface area contributed by atoms with Crippen LogP contribution in [-0.4, -0.2) is 0 Å². The Morgan fingerprint density at radius 3 is 2.29 bits per heavy atom. The van der Waals surface area contributed by atoms with E-state index in [1.807, 2.05) is 0 Å². The molecule has 1 fully saturated rings. The van der Waals surface area contributed by atoms with E-state index in [0.29, 0.717) is 5.41 Å². The first-order valence-corrected chi connectivity index (χ1v) is 2.81. The molecule has 7 heavy (non-hydrogen) atoms. The van der Waals surface area contributed by atoms with Gasteiger partial charge in [0.05, 0.1) is 0 Å². The van der Waals surface area contributed by atoms with Gasteiger partial charge in [-0.25, -0.2) is 0 Å². The Morgan fingerprint density at radius 1 is 1.71 bits per heavy atom. The third kappa shape index (κ3) is 0.632. The van der Waals surface area contributed by atoms with Crippen molar-refractivity contribution in [1.82, 2.24) is 0 Å². The molecule has 0 unspecified atom stereocenters. The van der Waals surface area contributed by atoms with E-state index >= 15 is 0 Å². The second-order valence-corrected chi connectivity index (χ2v) is 2.28. The van der Waals surface area contributed by atoms with Crippen molar-refractivity contribution in [3.63, 3.8) is 0 Å². The minimum atomic E-state index is 0.361. The average Bonchev–Trinajstić information content (AvgIpc) is 2.46. The fourth-order valence-electron chi connectivity index (χ4n) is 0.751. The van der Waals surface area contributed by atoms with E-state index in [1.54, 1.807) is 0 Å². The molecule has 0 amide bonds. The van der Waals surface area contributed by atoms with Gasteiger partial charge in [0.1, 0.15) is 0 Å². The SMILES string of the molecule is C#CC1(CC)CC1. The lowest BCUT2D eigenvalue weighted by Gasteiger charge is -1.96. The number of rotatable bonds is 1. The fraction of sp³-hybridized carbons (Fsp3) is 0.714. The maximum Gasteiger partial charge on any atom is 0.0310 e. The third-order valence-electron chi connectivity index (χ3n) is 1.84. The van der Waals surface area contributed by atoms with Crippen LogP contribution in [0.5, 0.6) is 0 Å². The highest BCUT2D eigenvalue weighted by Crippen LogP contribution is 2.47. The third-order valence-corrected chi connectivity index (χ3v) is 1.84. The zero-order valence-corrected chi connectivity index (χ0v) is 4.70. The highest BCUT2D eigenvalue weighted by Gasteiger charge is 2.38. The monoisotopic (exact) mass is 94.1 g/mol. The smallest absolute Gasteiger partial charge is 0.0310 e. The van der Waals surface area contributed by atoms with Crippen LogP contribution < -0.4 is 0 Å². The van der Waals surface area contributed by atoms with Crippen molar-refractivity contribution in [2.45, 2.75) is 26.2 Å². The molecule has 0 nitrogen and oxygen atoms in total. The zero-order chi connectivity index (χ0) is 5.33. The second kappa shape index (κ2) is 1.26. The molecule has 0 spiro atoms. The van der Waals surface area contributed by atoms with Crippen molar-refractivity contribution in [2.75, 3.05) is 0 Å². The lowest BCUT2D eigenvalue weighted by Crippen LogP contribution is -1.89. The Bertz CT molecular complexity index is 102. The van der Waals surface area contributed by atoms with Gasteiger partial charge < -0.3 is 0 Å². The zero-order valence-electron chi connectivity index (χ0n) is 4.70. The average molecular weight is 94.2 g/mol. The summed E-state index contributed by atoms with van der Waals surface area (Å²) in [6.45, 7) is 2.16. The Hall–Kier alpha value is -0.440. The van der Waals surface area contributed by atoms with Crippen LogP contribution in [0.1, 0.15) is 26.2 Å². The van der Waals surface area contributed by atoms with E-state index < -0.39 is 0 Å². The molecule has 0 heteroatoms. The van der Waals surface area contributed by atoms with Gasteiger partial charge in [0, 0.05) is 5.41 Å². The van der Waals surface area contributed by atoms with Gasteiger partial charge in [-0.05, 0) is 19.3 Å². The van der Waals surface area contributed by atoms with E-state index in [4.69, 9.17) is 6.42 Å². The molecule has 0 bridgehead atoms. The van der Waals surface area contributed by atoms with Crippen LogP contribution in [0.2, 0.25) is 0 Å². The Kier molecular flexibility index (Phi) is 0.852. The predicted octanol–water partition coefficient (Wildman–Crippen LogP) is 1.81. The van der Waals surface area contributed by atoms with Gasteiger partial charge in [-0.3, -0.25) is 0 Å². The van der Waals surface area contributed by atoms with E-state index in [0.717, 1.165) is 0 Å². The Labute approximate surface area is 44.9 Å². The molecule has 1 rings (SSSR count). The molecule has 0 aromatic carbocycles. The van der Waals surface area contributed by atoms with Gasteiger partial charge in [-0.1, -0.05) is 12.8 Å². The van der Waals surface area contributed by atoms with Crippen molar-refractivity contribution in [1.29, 1.82) is 0 Å². The van der Waals surface area contributed by atoms with Gasteiger partial charge in [-0.2, -0.15) is 0 Å².